The number of carbonyl (C=O) groups is 1. The van der Waals surface area contributed by atoms with Gasteiger partial charge < -0.3 is 9.29 Å². The van der Waals surface area contributed by atoms with Gasteiger partial charge in [0.25, 0.3) is 0 Å². The predicted molar refractivity (Wildman–Crippen MR) is 121 cm³/mol. The third kappa shape index (κ3) is 8.03. The third-order valence-corrected chi connectivity index (χ3v) is 5.70. The van der Waals surface area contributed by atoms with Gasteiger partial charge in [0, 0.05) is 12.8 Å². The summed E-state index contributed by atoms with van der Waals surface area (Å²) >= 11 is -1.26. The lowest BCUT2D eigenvalue weighted by atomic mass is 9.97. The molecule has 0 aliphatic carbocycles. The minimum atomic E-state index is -1.26. The molecule has 0 spiro atoms. The number of hydrogen-bond donors (Lipinski definition) is 0. The van der Waals surface area contributed by atoms with Gasteiger partial charge in [-0.3, -0.25) is 4.79 Å². The highest BCUT2D eigenvalue weighted by atomic mass is 32.2. The van der Waals surface area contributed by atoms with Crippen LogP contribution in [0.5, 0.6) is 0 Å². The highest BCUT2D eigenvalue weighted by Crippen LogP contribution is 2.20. The number of carbonyl (C=O) groups excluding carboxylic acids is 1. The van der Waals surface area contributed by atoms with Crippen molar-refractivity contribution in [3.05, 3.63) is 60.2 Å². The molecule has 29 heavy (non-hydrogen) atoms. The fourth-order valence-corrected chi connectivity index (χ4v) is 4.06. The quantitative estimate of drug-likeness (QED) is 0.282. The maximum absolute atomic E-state index is 12.3. The summed E-state index contributed by atoms with van der Waals surface area (Å²) in [5, 5.41) is 0. The molecule has 0 amide bonds. The van der Waals surface area contributed by atoms with Crippen molar-refractivity contribution in [1.29, 1.82) is 0 Å². The van der Waals surface area contributed by atoms with Gasteiger partial charge >= 0.3 is 5.97 Å². The standard InChI is InChI=1S/C24H31NO3S/c1-4-6-16-29(27)25-23(17-19(3)24(26)28-5-2)18-20-12-14-22(15-13-20)21-10-8-7-9-11-21/h7-15,19H,4-6,16-18H2,1-3H3. The Morgan fingerprint density at radius 2 is 1.72 bits per heavy atom. The molecule has 0 fully saturated rings. The average molecular weight is 414 g/mol. The van der Waals surface area contributed by atoms with Crippen molar-refractivity contribution < 1.29 is 14.1 Å². The Bertz CT molecular complexity index is 774. The monoisotopic (exact) mass is 413 g/mol. The molecule has 0 aromatic heterocycles. The van der Waals surface area contributed by atoms with Gasteiger partial charge in [0.05, 0.1) is 29.6 Å². The molecule has 0 bridgehead atoms. The van der Waals surface area contributed by atoms with Gasteiger partial charge in [-0.2, -0.15) is 0 Å². The smallest absolute Gasteiger partial charge is 0.309 e. The topological polar surface area (TPSA) is 61.7 Å². The first-order chi connectivity index (χ1) is 14.0. The van der Waals surface area contributed by atoms with E-state index in [2.05, 4.69) is 47.7 Å². The van der Waals surface area contributed by atoms with E-state index in [1.165, 1.54) is 5.56 Å². The van der Waals surface area contributed by atoms with Crippen LogP contribution >= 0.6 is 0 Å². The molecule has 0 aliphatic rings. The first-order valence-corrected chi connectivity index (χ1v) is 11.6. The van der Waals surface area contributed by atoms with Crippen molar-refractivity contribution in [2.45, 2.75) is 46.5 Å². The molecule has 5 heteroatoms. The molecule has 0 radical (unpaired) electrons. The van der Waals surface area contributed by atoms with Crippen LogP contribution in [0.2, 0.25) is 0 Å². The Morgan fingerprint density at radius 1 is 1.07 bits per heavy atom. The SMILES string of the molecule is CCCC[S+]([O-])N=C(Cc1ccc(-c2ccccc2)cc1)CC(C)C(=O)OCC. The van der Waals surface area contributed by atoms with Gasteiger partial charge in [0.1, 0.15) is 5.75 Å². The van der Waals surface area contributed by atoms with Crippen LogP contribution in [0.3, 0.4) is 0 Å². The van der Waals surface area contributed by atoms with E-state index < -0.39 is 11.4 Å². The molecule has 0 saturated heterocycles. The van der Waals surface area contributed by atoms with Crippen molar-refractivity contribution in [2.75, 3.05) is 12.4 Å². The first kappa shape index (κ1) is 23.2. The number of unbranched alkanes of at least 4 members (excludes halogenated alkanes) is 1. The van der Waals surface area contributed by atoms with Crippen LogP contribution in [0.4, 0.5) is 0 Å². The second kappa shape index (κ2) is 12.5. The zero-order valence-corrected chi connectivity index (χ0v) is 18.4. The molecular weight excluding hydrogens is 382 g/mol. The highest BCUT2D eigenvalue weighted by molar-refractivity contribution is 7.90. The Hall–Kier alpha value is -2.11. The minimum absolute atomic E-state index is 0.237. The van der Waals surface area contributed by atoms with E-state index in [-0.39, 0.29) is 11.9 Å². The molecular formula is C24H31NO3S. The lowest BCUT2D eigenvalue weighted by molar-refractivity contribution is -0.147. The van der Waals surface area contributed by atoms with Crippen LogP contribution < -0.4 is 0 Å². The third-order valence-electron chi connectivity index (χ3n) is 4.60. The van der Waals surface area contributed by atoms with Gasteiger partial charge in [-0.1, -0.05) is 79.3 Å². The molecule has 2 atom stereocenters. The molecule has 0 aliphatic heterocycles. The lowest BCUT2D eigenvalue weighted by Gasteiger charge is -2.13. The molecule has 2 rings (SSSR count). The van der Waals surface area contributed by atoms with Gasteiger partial charge in [-0.25, -0.2) is 0 Å². The largest absolute Gasteiger partial charge is 0.591 e. The Labute approximate surface area is 177 Å². The van der Waals surface area contributed by atoms with Crippen molar-refractivity contribution in [1.82, 2.24) is 0 Å². The summed E-state index contributed by atoms with van der Waals surface area (Å²) in [6.45, 7) is 6.06. The van der Waals surface area contributed by atoms with Crippen molar-refractivity contribution in [3.8, 4) is 11.1 Å². The number of rotatable bonds is 11. The molecule has 156 valence electrons. The zero-order valence-electron chi connectivity index (χ0n) is 17.6. The van der Waals surface area contributed by atoms with Crippen LogP contribution in [0.25, 0.3) is 11.1 Å². The van der Waals surface area contributed by atoms with Crippen molar-refractivity contribution >= 4 is 23.0 Å². The number of hydrogen-bond acceptors (Lipinski definition) is 4. The van der Waals surface area contributed by atoms with Crippen LogP contribution in [0, 0.1) is 5.92 Å². The van der Waals surface area contributed by atoms with Gasteiger partial charge in [0.15, 0.2) is 0 Å². The Balaban J connectivity index is 2.13. The number of esters is 1. The lowest BCUT2D eigenvalue weighted by Crippen LogP contribution is -2.20. The highest BCUT2D eigenvalue weighted by Gasteiger charge is 2.19. The molecule has 2 unspecified atom stereocenters. The summed E-state index contributed by atoms with van der Waals surface area (Å²) in [7, 11) is 0. The Morgan fingerprint density at radius 3 is 2.34 bits per heavy atom. The van der Waals surface area contributed by atoms with Gasteiger partial charge in [-0.15, -0.1) is 0 Å². The second-order valence-electron chi connectivity index (χ2n) is 7.13. The number of ether oxygens (including phenoxy) is 1. The van der Waals surface area contributed by atoms with Crippen LogP contribution in [0.1, 0.15) is 45.6 Å². The van der Waals surface area contributed by atoms with E-state index in [4.69, 9.17) is 4.74 Å². The molecule has 0 saturated carbocycles. The van der Waals surface area contributed by atoms with Crippen molar-refractivity contribution in [3.63, 3.8) is 0 Å². The summed E-state index contributed by atoms with van der Waals surface area (Å²) in [5.74, 6) is 0.0141. The number of nitrogens with zero attached hydrogens (tertiary/aromatic N) is 1. The van der Waals surface area contributed by atoms with E-state index in [9.17, 15) is 9.35 Å². The summed E-state index contributed by atoms with van der Waals surface area (Å²) in [4.78, 5) is 12.0. The van der Waals surface area contributed by atoms with Gasteiger partial charge in [0.2, 0.25) is 0 Å². The van der Waals surface area contributed by atoms with Gasteiger partial charge in [-0.05, 0) is 30.0 Å². The molecule has 0 N–H and O–H groups in total. The second-order valence-corrected chi connectivity index (χ2v) is 8.37. The Kier molecular flexibility index (Phi) is 9.95. The van der Waals surface area contributed by atoms with Crippen LogP contribution in [0.15, 0.2) is 59.0 Å². The van der Waals surface area contributed by atoms with E-state index in [0.29, 0.717) is 25.2 Å². The predicted octanol–water partition coefficient (Wildman–Crippen LogP) is 5.39. The normalized spacial score (nSPS) is 13.7. The molecule has 2 aromatic rings. The fourth-order valence-electron chi connectivity index (χ4n) is 3.00. The summed E-state index contributed by atoms with van der Waals surface area (Å²) in [5.41, 5.74) is 4.20. The van der Waals surface area contributed by atoms with E-state index >= 15 is 0 Å². The summed E-state index contributed by atoms with van der Waals surface area (Å²) in [6, 6.07) is 18.5. The van der Waals surface area contributed by atoms with Crippen LogP contribution in [-0.2, 0) is 27.3 Å². The van der Waals surface area contributed by atoms with Crippen molar-refractivity contribution in [2.24, 2.45) is 10.3 Å². The summed E-state index contributed by atoms with van der Waals surface area (Å²) < 4.78 is 21.9. The molecule has 0 heterocycles. The zero-order chi connectivity index (χ0) is 21.1. The van der Waals surface area contributed by atoms with E-state index in [1.54, 1.807) is 6.92 Å². The first-order valence-electron chi connectivity index (χ1n) is 10.3. The number of benzene rings is 2. The van der Waals surface area contributed by atoms with E-state index in [0.717, 1.165) is 29.7 Å². The minimum Gasteiger partial charge on any atom is -0.591 e. The molecule has 4 nitrogen and oxygen atoms in total. The fraction of sp³-hybridized carbons (Fsp3) is 0.417. The van der Waals surface area contributed by atoms with E-state index in [1.807, 2.05) is 25.1 Å². The maximum Gasteiger partial charge on any atom is 0.309 e. The maximum atomic E-state index is 12.3. The van der Waals surface area contributed by atoms with Crippen LogP contribution in [-0.4, -0.2) is 28.6 Å². The summed E-state index contributed by atoms with van der Waals surface area (Å²) in [6.07, 6.45) is 2.90. The average Bonchev–Trinajstić information content (AvgIpc) is 2.73. The molecule has 2 aromatic carbocycles.